The van der Waals surface area contributed by atoms with Crippen molar-refractivity contribution >= 4 is 24.6 Å². The van der Waals surface area contributed by atoms with E-state index in [2.05, 4.69) is 62.2 Å². The third-order valence-electron chi connectivity index (χ3n) is 5.18. The minimum Gasteiger partial charge on any atom is -0.262 e. The first-order valence-electron chi connectivity index (χ1n) is 8.23. The Hall–Kier alpha value is -0.890. The van der Waals surface area contributed by atoms with Crippen LogP contribution >= 0.6 is 24.6 Å². The number of thiol groups is 1. The van der Waals surface area contributed by atoms with Crippen LogP contribution in [0.3, 0.4) is 0 Å². The zero-order valence-electron chi connectivity index (χ0n) is 14.0. The summed E-state index contributed by atoms with van der Waals surface area (Å²) >= 11 is 6.22. The van der Waals surface area contributed by atoms with Crippen LogP contribution in [-0.2, 0) is 6.54 Å². The van der Waals surface area contributed by atoms with Crippen LogP contribution in [0.1, 0.15) is 62.0 Å². The molecule has 1 heterocycles. The maximum Gasteiger partial charge on any atom is 0.0991 e. The van der Waals surface area contributed by atoms with E-state index < -0.39 is 0 Å². The molecule has 4 heteroatoms. The highest BCUT2D eigenvalue weighted by Crippen LogP contribution is 2.59. The normalized spacial score (nSPS) is 26.0. The number of benzene rings is 1. The molecule has 0 saturated heterocycles. The van der Waals surface area contributed by atoms with Crippen LogP contribution in [0, 0.1) is 22.7 Å². The molecule has 0 bridgehead atoms. The third kappa shape index (κ3) is 3.33. The number of hydrogen-bond donors (Lipinski definition) is 2. The lowest BCUT2D eigenvalue weighted by molar-refractivity contribution is 0.307. The van der Waals surface area contributed by atoms with Gasteiger partial charge < -0.3 is 0 Å². The number of nitrogens with zero attached hydrogens (tertiary/aromatic N) is 1. The largest absolute Gasteiger partial charge is 0.262 e. The molecule has 0 aromatic heterocycles. The highest BCUT2D eigenvalue weighted by atomic mass is 32.2. The van der Waals surface area contributed by atoms with E-state index in [9.17, 15) is 0 Å². The van der Waals surface area contributed by atoms with Gasteiger partial charge in [0.2, 0.25) is 0 Å². The second-order valence-electron chi connectivity index (χ2n) is 7.48. The first-order chi connectivity index (χ1) is 10.9. The predicted octanol–water partition coefficient (Wildman–Crippen LogP) is 5.38. The lowest BCUT2D eigenvalue weighted by Gasteiger charge is -2.32. The lowest BCUT2D eigenvalue weighted by atomic mass is 9.73. The van der Waals surface area contributed by atoms with Gasteiger partial charge in [-0.15, -0.1) is 11.8 Å². The summed E-state index contributed by atoms with van der Waals surface area (Å²) in [6, 6.07) is 8.35. The average Bonchev–Trinajstić information content (AvgIpc) is 2.83. The number of nitrogens with one attached hydrogen (secondary N) is 1. The maximum atomic E-state index is 9.16. The Morgan fingerprint density at radius 2 is 2.22 bits per heavy atom. The van der Waals surface area contributed by atoms with Crippen molar-refractivity contribution in [1.29, 1.82) is 5.26 Å². The van der Waals surface area contributed by atoms with Crippen molar-refractivity contribution in [2.75, 3.05) is 0 Å². The standard InChI is InChI=1S/C19H24N2S2/c1-12-16-9-19(2,3)7-6-17(16)23-18(12)15-5-4-13(10-20)8-14(15)11-21-22/h4-5,8,12,18,21-22H,6-7,9,11H2,1-3H3. The first-order valence-corrected chi connectivity index (χ1v) is 9.56. The van der Waals surface area contributed by atoms with Crippen molar-refractivity contribution in [3.8, 4) is 6.07 Å². The minimum atomic E-state index is 0.433. The van der Waals surface area contributed by atoms with E-state index in [1.165, 1.54) is 30.4 Å². The maximum absolute atomic E-state index is 9.16. The molecule has 122 valence electrons. The Morgan fingerprint density at radius 1 is 1.43 bits per heavy atom. The smallest absolute Gasteiger partial charge is 0.0991 e. The molecule has 1 aliphatic heterocycles. The number of rotatable bonds is 3. The molecule has 0 spiro atoms. The zero-order valence-corrected chi connectivity index (χ0v) is 15.7. The molecule has 2 unspecified atom stereocenters. The summed E-state index contributed by atoms with van der Waals surface area (Å²) in [5, 5.41) is 9.63. The van der Waals surface area contributed by atoms with E-state index in [-0.39, 0.29) is 0 Å². The molecule has 1 aromatic carbocycles. The second-order valence-corrected chi connectivity index (χ2v) is 9.03. The highest BCUT2D eigenvalue weighted by molar-refractivity contribution is 8.03. The molecule has 1 aliphatic carbocycles. The molecule has 1 N–H and O–H groups in total. The van der Waals surface area contributed by atoms with Gasteiger partial charge in [0.25, 0.3) is 0 Å². The Bertz CT molecular complexity index is 685. The van der Waals surface area contributed by atoms with Gasteiger partial charge in [0, 0.05) is 11.8 Å². The molecule has 0 radical (unpaired) electrons. The van der Waals surface area contributed by atoms with Crippen molar-refractivity contribution in [2.24, 2.45) is 11.3 Å². The first kappa shape index (κ1) is 17.0. The van der Waals surface area contributed by atoms with E-state index in [0.29, 0.717) is 23.1 Å². The van der Waals surface area contributed by atoms with E-state index in [0.717, 1.165) is 5.56 Å². The second kappa shape index (κ2) is 6.55. The van der Waals surface area contributed by atoms with Gasteiger partial charge in [0.05, 0.1) is 11.6 Å². The van der Waals surface area contributed by atoms with Crippen molar-refractivity contribution in [2.45, 2.75) is 51.8 Å². The lowest BCUT2D eigenvalue weighted by Crippen LogP contribution is -2.19. The highest BCUT2D eigenvalue weighted by Gasteiger charge is 2.39. The third-order valence-corrected chi connectivity index (χ3v) is 7.00. The molecule has 23 heavy (non-hydrogen) atoms. The number of hydrogen-bond acceptors (Lipinski definition) is 4. The quantitative estimate of drug-likeness (QED) is 0.723. The van der Waals surface area contributed by atoms with Gasteiger partial charge in [0.15, 0.2) is 0 Å². The van der Waals surface area contributed by atoms with Crippen LogP contribution in [0.2, 0.25) is 0 Å². The van der Waals surface area contributed by atoms with Gasteiger partial charge in [-0.1, -0.05) is 45.2 Å². The van der Waals surface area contributed by atoms with Crippen LogP contribution in [0.15, 0.2) is 28.7 Å². The van der Waals surface area contributed by atoms with E-state index in [1.807, 2.05) is 12.1 Å². The summed E-state index contributed by atoms with van der Waals surface area (Å²) in [4.78, 5) is 1.62. The van der Waals surface area contributed by atoms with E-state index >= 15 is 0 Å². The Balaban J connectivity index is 1.91. The molecule has 0 fully saturated rings. The Morgan fingerprint density at radius 3 is 2.91 bits per heavy atom. The molecule has 2 atom stereocenters. The number of thioether (sulfide) groups is 1. The van der Waals surface area contributed by atoms with Crippen LogP contribution in [0.25, 0.3) is 0 Å². The average molecular weight is 345 g/mol. The Labute approximate surface area is 149 Å². The molecule has 3 rings (SSSR count). The molecular weight excluding hydrogens is 320 g/mol. The van der Waals surface area contributed by atoms with Gasteiger partial charge in [-0.2, -0.15) is 5.26 Å². The predicted molar refractivity (Wildman–Crippen MR) is 101 cm³/mol. The van der Waals surface area contributed by atoms with E-state index in [4.69, 9.17) is 5.26 Å². The Kier molecular flexibility index (Phi) is 4.83. The molecule has 1 aromatic rings. The van der Waals surface area contributed by atoms with Gasteiger partial charge in [0.1, 0.15) is 0 Å². The molecule has 2 aliphatic rings. The van der Waals surface area contributed by atoms with Crippen molar-refractivity contribution in [3.05, 3.63) is 45.4 Å². The van der Waals surface area contributed by atoms with Crippen LogP contribution in [0.4, 0.5) is 0 Å². The fraction of sp³-hybridized carbons (Fsp3) is 0.526. The topological polar surface area (TPSA) is 35.8 Å². The number of nitriles is 1. The SMILES string of the molecule is CC1C2=C(CCC(C)(C)C2)SC1c1ccc(C#N)cc1CNS. The summed E-state index contributed by atoms with van der Waals surface area (Å²) in [7, 11) is 0. The monoisotopic (exact) mass is 344 g/mol. The molecule has 0 amide bonds. The van der Waals surface area contributed by atoms with Gasteiger partial charge in [-0.3, -0.25) is 4.72 Å². The van der Waals surface area contributed by atoms with Crippen LogP contribution < -0.4 is 4.72 Å². The fourth-order valence-electron chi connectivity index (χ4n) is 3.83. The van der Waals surface area contributed by atoms with Crippen molar-refractivity contribution in [3.63, 3.8) is 0 Å². The summed E-state index contributed by atoms with van der Waals surface area (Å²) in [6.45, 7) is 7.84. The summed E-state index contributed by atoms with van der Waals surface area (Å²) in [6.07, 6.45) is 3.74. The van der Waals surface area contributed by atoms with Gasteiger partial charge in [-0.25, -0.2) is 0 Å². The fourth-order valence-corrected chi connectivity index (χ4v) is 5.66. The summed E-state index contributed by atoms with van der Waals surface area (Å²) in [5.41, 5.74) is 5.38. The molecule has 0 saturated carbocycles. The molecule has 2 nitrogen and oxygen atoms in total. The van der Waals surface area contributed by atoms with Crippen molar-refractivity contribution < 1.29 is 0 Å². The zero-order chi connectivity index (χ0) is 16.6. The number of allylic oxidation sites excluding steroid dienone is 2. The summed E-state index contributed by atoms with van der Waals surface area (Å²) < 4.78 is 2.95. The van der Waals surface area contributed by atoms with Gasteiger partial charge in [-0.05, 0) is 58.8 Å². The van der Waals surface area contributed by atoms with Gasteiger partial charge >= 0.3 is 0 Å². The van der Waals surface area contributed by atoms with Crippen LogP contribution in [-0.4, -0.2) is 0 Å². The minimum absolute atomic E-state index is 0.433. The van der Waals surface area contributed by atoms with Crippen molar-refractivity contribution in [1.82, 2.24) is 4.72 Å². The van der Waals surface area contributed by atoms with Crippen LogP contribution in [0.5, 0.6) is 0 Å². The van der Waals surface area contributed by atoms with E-state index in [1.54, 1.807) is 10.5 Å². The summed E-state index contributed by atoms with van der Waals surface area (Å²) in [5.74, 6) is 0.571. The molecular formula is C19H24N2S2.